The van der Waals surface area contributed by atoms with Crippen molar-refractivity contribution in [2.24, 2.45) is 0 Å². The molecule has 0 N–H and O–H groups in total. The Morgan fingerprint density at radius 2 is 1.18 bits per heavy atom. The van der Waals surface area contributed by atoms with Crippen LogP contribution in [0.3, 0.4) is 0 Å². The third-order valence-electron chi connectivity index (χ3n) is 5.36. The number of hydrogen-bond donors (Lipinski definition) is 0. The van der Waals surface area contributed by atoms with E-state index in [0.717, 1.165) is 16.7 Å². The number of rotatable bonds is 10. The largest absolute Gasteiger partial charge is 0.497 e. The molecule has 1 atom stereocenters. The molecule has 0 aromatic heterocycles. The summed E-state index contributed by atoms with van der Waals surface area (Å²) in [6.07, 6.45) is 0.526. The van der Waals surface area contributed by atoms with Crippen LogP contribution in [-0.2, 0) is 11.0 Å². The number of hydrogen-bond acceptors (Lipinski definition) is 4. The zero-order valence-corrected chi connectivity index (χ0v) is 19.9. The molecule has 0 saturated heterocycles. The van der Waals surface area contributed by atoms with Crippen LogP contribution in [0.1, 0.15) is 16.8 Å². The topological polar surface area (TPSA) is 44.8 Å². The second-order valence-corrected chi connectivity index (χ2v) is 9.81. The molecule has 4 aromatic carbocycles. The van der Waals surface area contributed by atoms with Gasteiger partial charge in [0.2, 0.25) is 0 Å². The Morgan fingerprint density at radius 1 is 0.706 bits per heavy atom. The molecule has 4 nitrogen and oxygen atoms in total. The minimum atomic E-state index is -3.85. The van der Waals surface area contributed by atoms with Gasteiger partial charge in [0, 0.05) is 0 Å². The SMILES string of the molecule is C=C(Cc1ccccc1)C(c1ccc(OC)cc1)P(=O)(Oc1ccccc1)Oc1ccccc1. The van der Waals surface area contributed by atoms with Crippen molar-refractivity contribution < 1.29 is 18.3 Å². The van der Waals surface area contributed by atoms with Crippen molar-refractivity contribution in [3.8, 4) is 17.2 Å². The summed E-state index contributed by atoms with van der Waals surface area (Å²) in [6, 6.07) is 35.6. The number of allylic oxidation sites excluding steroid dienone is 1. The van der Waals surface area contributed by atoms with Crippen LogP contribution in [0.4, 0.5) is 0 Å². The standard InChI is InChI=1S/C29H27O4P/c1-23(22-24-12-6-3-7-13-24)29(25-18-20-26(31-2)21-19-25)34(30,32-27-14-8-4-9-15-27)33-28-16-10-5-11-17-28/h3-21,29H,1,22H2,2H3. The maximum absolute atomic E-state index is 14.7. The lowest BCUT2D eigenvalue weighted by molar-refractivity contribution is 0.376. The Morgan fingerprint density at radius 3 is 1.65 bits per heavy atom. The summed E-state index contributed by atoms with van der Waals surface area (Å²) in [7, 11) is -2.24. The Labute approximate surface area is 201 Å². The molecule has 4 aromatic rings. The minimum absolute atomic E-state index is 0.466. The van der Waals surface area contributed by atoms with Crippen LogP contribution in [0.5, 0.6) is 17.2 Å². The molecule has 0 bridgehead atoms. The summed E-state index contributed by atoms with van der Waals surface area (Å²) < 4.78 is 32.4. The summed E-state index contributed by atoms with van der Waals surface area (Å²) in [6.45, 7) is 4.36. The number of ether oxygens (including phenoxy) is 1. The quantitative estimate of drug-likeness (QED) is 0.175. The molecule has 4 rings (SSSR count). The van der Waals surface area contributed by atoms with Crippen molar-refractivity contribution in [2.45, 2.75) is 12.1 Å². The molecule has 5 heteroatoms. The number of benzene rings is 4. The first-order valence-electron chi connectivity index (χ1n) is 11.0. The van der Waals surface area contributed by atoms with Gasteiger partial charge < -0.3 is 13.8 Å². The first-order valence-corrected chi connectivity index (χ1v) is 12.6. The lowest BCUT2D eigenvalue weighted by atomic mass is 9.99. The first kappa shape index (κ1) is 23.4. The van der Waals surface area contributed by atoms with Gasteiger partial charge in [0.05, 0.1) is 7.11 Å². The van der Waals surface area contributed by atoms with Crippen LogP contribution in [0.2, 0.25) is 0 Å². The zero-order chi connectivity index (χ0) is 23.8. The predicted molar refractivity (Wildman–Crippen MR) is 137 cm³/mol. The Hall–Kier alpha value is -3.75. The van der Waals surface area contributed by atoms with E-state index >= 15 is 0 Å². The van der Waals surface area contributed by atoms with Crippen molar-refractivity contribution in [2.75, 3.05) is 7.11 Å². The average molecular weight is 471 g/mol. The molecule has 0 spiro atoms. The summed E-state index contributed by atoms with van der Waals surface area (Å²) in [4.78, 5) is 0. The highest BCUT2D eigenvalue weighted by molar-refractivity contribution is 7.55. The molecule has 0 radical (unpaired) electrons. The average Bonchev–Trinajstić information content (AvgIpc) is 2.86. The highest BCUT2D eigenvalue weighted by atomic mass is 31.2. The van der Waals surface area contributed by atoms with E-state index < -0.39 is 13.3 Å². The molecule has 0 saturated carbocycles. The molecular formula is C29H27O4P. The van der Waals surface area contributed by atoms with Gasteiger partial charge in [0.25, 0.3) is 0 Å². The fourth-order valence-corrected chi connectivity index (χ4v) is 5.92. The second kappa shape index (κ2) is 10.9. The van der Waals surface area contributed by atoms with Gasteiger partial charge in [-0.3, -0.25) is 0 Å². The van der Waals surface area contributed by atoms with Crippen LogP contribution < -0.4 is 13.8 Å². The molecule has 34 heavy (non-hydrogen) atoms. The van der Waals surface area contributed by atoms with Gasteiger partial charge in [-0.15, -0.1) is 0 Å². The summed E-state index contributed by atoms with van der Waals surface area (Å²) >= 11 is 0. The summed E-state index contributed by atoms with van der Waals surface area (Å²) in [5.41, 5.74) is 1.86. The van der Waals surface area contributed by atoms with Gasteiger partial charge in [0.1, 0.15) is 22.9 Å². The maximum atomic E-state index is 14.7. The maximum Gasteiger partial charge on any atom is 0.442 e. The van der Waals surface area contributed by atoms with E-state index in [0.29, 0.717) is 23.7 Å². The van der Waals surface area contributed by atoms with Crippen molar-refractivity contribution >= 4 is 7.60 Å². The van der Waals surface area contributed by atoms with Crippen LogP contribution in [0, 0.1) is 0 Å². The molecular weight excluding hydrogens is 443 g/mol. The molecule has 0 aliphatic heterocycles. The predicted octanol–water partition coefficient (Wildman–Crippen LogP) is 7.89. The highest BCUT2D eigenvalue weighted by Crippen LogP contribution is 2.63. The van der Waals surface area contributed by atoms with Crippen molar-refractivity contribution in [3.63, 3.8) is 0 Å². The number of methoxy groups -OCH3 is 1. The number of para-hydroxylation sites is 2. The summed E-state index contributed by atoms with van der Waals surface area (Å²) in [5, 5.41) is 0. The third-order valence-corrected chi connectivity index (χ3v) is 7.59. The second-order valence-electron chi connectivity index (χ2n) is 7.84. The fourth-order valence-electron chi connectivity index (χ4n) is 3.76. The van der Waals surface area contributed by atoms with Crippen LogP contribution in [0.25, 0.3) is 0 Å². The van der Waals surface area contributed by atoms with Crippen LogP contribution in [0.15, 0.2) is 127 Å². The van der Waals surface area contributed by atoms with E-state index in [1.807, 2.05) is 91.0 Å². The van der Waals surface area contributed by atoms with Crippen molar-refractivity contribution in [1.82, 2.24) is 0 Å². The smallest absolute Gasteiger partial charge is 0.442 e. The van der Waals surface area contributed by atoms with Gasteiger partial charge >= 0.3 is 7.60 Å². The van der Waals surface area contributed by atoms with E-state index in [1.54, 1.807) is 31.4 Å². The molecule has 0 amide bonds. The molecule has 0 fully saturated rings. The third kappa shape index (κ3) is 5.78. The molecule has 0 aliphatic carbocycles. The molecule has 0 aliphatic rings. The zero-order valence-electron chi connectivity index (χ0n) is 19.0. The van der Waals surface area contributed by atoms with Gasteiger partial charge in [0.15, 0.2) is 0 Å². The van der Waals surface area contributed by atoms with E-state index in [4.69, 9.17) is 13.8 Å². The van der Waals surface area contributed by atoms with Crippen LogP contribution >= 0.6 is 7.60 Å². The van der Waals surface area contributed by atoms with E-state index in [1.165, 1.54) is 0 Å². The van der Waals surface area contributed by atoms with E-state index in [-0.39, 0.29) is 0 Å². The normalized spacial score (nSPS) is 11.9. The molecule has 0 heterocycles. The van der Waals surface area contributed by atoms with Crippen molar-refractivity contribution in [1.29, 1.82) is 0 Å². The summed E-state index contributed by atoms with van der Waals surface area (Å²) in [5.74, 6) is 1.64. The molecule has 172 valence electrons. The van der Waals surface area contributed by atoms with E-state index in [2.05, 4.69) is 6.58 Å². The first-order chi connectivity index (χ1) is 16.6. The lowest BCUT2D eigenvalue weighted by Crippen LogP contribution is -2.14. The van der Waals surface area contributed by atoms with Gasteiger partial charge in [-0.25, -0.2) is 4.57 Å². The van der Waals surface area contributed by atoms with Gasteiger partial charge in [-0.05, 0) is 53.9 Å². The Balaban J connectivity index is 1.79. The minimum Gasteiger partial charge on any atom is -0.497 e. The highest BCUT2D eigenvalue weighted by Gasteiger charge is 2.42. The Bertz CT molecular complexity index is 1190. The van der Waals surface area contributed by atoms with Gasteiger partial charge in [-0.2, -0.15) is 0 Å². The molecule has 1 unspecified atom stereocenters. The lowest BCUT2D eigenvalue weighted by Gasteiger charge is -2.29. The van der Waals surface area contributed by atoms with Gasteiger partial charge in [-0.1, -0.05) is 91.0 Å². The Kier molecular flexibility index (Phi) is 7.51. The van der Waals surface area contributed by atoms with Crippen LogP contribution in [-0.4, -0.2) is 7.11 Å². The monoisotopic (exact) mass is 470 g/mol. The fraction of sp³-hybridized carbons (Fsp3) is 0.103. The van der Waals surface area contributed by atoms with Crippen molar-refractivity contribution in [3.05, 3.63) is 139 Å². The van der Waals surface area contributed by atoms with E-state index in [9.17, 15) is 4.57 Å².